The van der Waals surface area contributed by atoms with E-state index in [-0.39, 0.29) is 5.91 Å². The highest BCUT2D eigenvalue weighted by Gasteiger charge is 2.26. The molecule has 0 bridgehead atoms. The number of benzene rings is 2. The largest absolute Gasteiger partial charge is 0.497 e. The van der Waals surface area contributed by atoms with Gasteiger partial charge in [-0.3, -0.25) is 4.79 Å². The Kier molecular flexibility index (Phi) is 7.57. The van der Waals surface area contributed by atoms with Crippen LogP contribution in [0.4, 0.5) is 11.4 Å². The van der Waals surface area contributed by atoms with Crippen LogP contribution in [-0.2, 0) is 17.8 Å². The van der Waals surface area contributed by atoms with Crippen molar-refractivity contribution < 1.29 is 9.53 Å². The molecule has 5 rings (SSSR count). The van der Waals surface area contributed by atoms with Crippen LogP contribution < -0.4 is 15.0 Å². The molecule has 7 nitrogen and oxygen atoms in total. The third kappa shape index (κ3) is 5.48. The van der Waals surface area contributed by atoms with Crippen LogP contribution in [0.25, 0.3) is 0 Å². The zero-order chi connectivity index (χ0) is 24.0. The van der Waals surface area contributed by atoms with Gasteiger partial charge in [-0.2, -0.15) is 0 Å². The SMILES string of the molecule is COc1cccc(NCc2nnc(SCC(=O)N3CCCc4ccccc43)n2C2CCCCC2)c1. The molecular weight excluding hydrogens is 458 g/mol. The maximum Gasteiger partial charge on any atom is 0.237 e. The summed E-state index contributed by atoms with van der Waals surface area (Å²) < 4.78 is 7.63. The number of nitrogens with zero attached hydrogens (tertiary/aromatic N) is 4. The molecule has 1 saturated carbocycles. The molecule has 2 aliphatic rings. The fourth-order valence-electron chi connectivity index (χ4n) is 5.14. The van der Waals surface area contributed by atoms with Gasteiger partial charge >= 0.3 is 0 Å². The molecule has 35 heavy (non-hydrogen) atoms. The lowest BCUT2D eigenvalue weighted by Crippen LogP contribution is -2.36. The van der Waals surface area contributed by atoms with Gasteiger partial charge in [-0.15, -0.1) is 10.2 Å². The van der Waals surface area contributed by atoms with Crippen molar-refractivity contribution in [1.82, 2.24) is 14.8 Å². The number of anilines is 2. The minimum atomic E-state index is 0.136. The van der Waals surface area contributed by atoms with E-state index in [0.717, 1.165) is 60.3 Å². The van der Waals surface area contributed by atoms with Gasteiger partial charge in [-0.25, -0.2) is 0 Å². The fourth-order valence-corrected chi connectivity index (χ4v) is 6.04. The maximum absolute atomic E-state index is 13.2. The molecule has 0 spiro atoms. The number of para-hydroxylation sites is 1. The first-order chi connectivity index (χ1) is 17.2. The van der Waals surface area contributed by atoms with Crippen LogP contribution in [0.3, 0.4) is 0 Å². The van der Waals surface area contributed by atoms with Crippen LogP contribution in [0.2, 0.25) is 0 Å². The fraction of sp³-hybridized carbons (Fsp3) is 0.444. The first kappa shape index (κ1) is 23.7. The van der Waals surface area contributed by atoms with Crippen LogP contribution in [0.5, 0.6) is 5.75 Å². The third-order valence-electron chi connectivity index (χ3n) is 6.93. The first-order valence-electron chi connectivity index (χ1n) is 12.6. The van der Waals surface area contributed by atoms with Crippen LogP contribution in [0.1, 0.15) is 56.0 Å². The van der Waals surface area contributed by atoms with Crippen LogP contribution in [-0.4, -0.2) is 40.1 Å². The summed E-state index contributed by atoms with van der Waals surface area (Å²) in [7, 11) is 1.67. The predicted molar refractivity (Wildman–Crippen MR) is 140 cm³/mol. The van der Waals surface area contributed by atoms with E-state index in [1.165, 1.54) is 36.6 Å². The number of aryl methyl sites for hydroxylation is 1. The van der Waals surface area contributed by atoms with Crippen molar-refractivity contribution in [3.05, 3.63) is 59.9 Å². The maximum atomic E-state index is 13.2. The normalized spacial score (nSPS) is 16.1. The van der Waals surface area contributed by atoms with Crippen molar-refractivity contribution >= 4 is 29.0 Å². The lowest BCUT2D eigenvalue weighted by molar-refractivity contribution is -0.116. The molecule has 2 aromatic carbocycles. The monoisotopic (exact) mass is 491 g/mol. The van der Waals surface area contributed by atoms with Crippen molar-refractivity contribution in [2.45, 2.75) is 62.7 Å². The summed E-state index contributed by atoms with van der Waals surface area (Å²) in [4.78, 5) is 15.2. The van der Waals surface area contributed by atoms with E-state index < -0.39 is 0 Å². The first-order valence-corrected chi connectivity index (χ1v) is 13.5. The van der Waals surface area contributed by atoms with Gasteiger partial charge in [0.2, 0.25) is 5.91 Å². The molecule has 1 N–H and O–H groups in total. The minimum absolute atomic E-state index is 0.136. The van der Waals surface area contributed by atoms with Crippen molar-refractivity contribution in [3.63, 3.8) is 0 Å². The number of rotatable bonds is 8. The Balaban J connectivity index is 1.31. The van der Waals surface area contributed by atoms with E-state index in [1.54, 1.807) is 7.11 Å². The van der Waals surface area contributed by atoms with E-state index in [9.17, 15) is 4.79 Å². The highest BCUT2D eigenvalue weighted by molar-refractivity contribution is 7.99. The Morgan fingerprint density at radius 3 is 2.80 bits per heavy atom. The van der Waals surface area contributed by atoms with Crippen LogP contribution >= 0.6 is 11.8 Å². The number of hydrogen-bond donors (Lipinski definition) is 1. The molecule has 184 valence electrons. The molecule has 0 radical (unpaired) electrons. The summed E-state index contributed by atoms with van der Waals surface area (Å²) in [5.74, 6) is 2.23. The van der Waals surface area contributed by atoms with Gasteiger partial charge in [-0.05, 0) is 49.4 Å². The average molecular weight is 492 g/mol. The third-order valence-corrected chi connectivity index (χ3v) is 7.86. The smallest absolute Gasteiger partial charge is 0.237 e. The quantitative estimate of drug-likeness (QED) is 0.421. The highest BCUT2D eigenvalue weighted by atomic mass is 32.2. The van der Waals surface area contributed by atoms with E-state index in [2.05, 4.69) is 38.3 Å². The summed E-state index contributed by atoms with van der Waals surface area (Å²) in [5, 5.41) is 13.4. The lowest BCUT2D eigenvalue weighted by Gasteiger charge is -2.29. The Labute approximate surface area is 211 Å². The number of ether oxygens (including phenoxy) is 1. The van der Waals surface area contributed by atoms with Crippen molar-refractivity contribution in [3.8, 4) is 5.75 Å². The zero-order valence-corrected chi connectivity index (χ0v) is 21.1. The van der Waals surface area contributed by atoms with E-state index in [1.807, 2.05) is 35.2 Å². The molecule has 8 heteroatoms. The second-order valence-corrected chi connectivity index (χ2v) is 10.2. The molecule has 1 aliphatic carbocycles. The van der Waals surface area contributed by atoms with Crippen molar-refractivity contribution in [2.24, 2.45) is 0 Å². The number of methoxy groups -OCH3 is 1. The van der Waals surface area contributed by atoms with Gasteiger partial charge in [0.25, 0.3) is 0 Å². The Hall–Kier alpha value is -3.00. The molecule has 3 aromatic rings. The Bertz CT molecular complexity index is 1160. The number of fused-ring (bicyclic) bond motifs is 1. The molecule has 2 heterocycles. The molecule has 0 saturated heterocycles. The van der Waals surface area contributed by atoms with E-state index in [0.29, 0.717) is 18.3 Å². The topological polar surface area (TPSA) is 72.3 Å². The van der Waals surface area contributed by atoms with Gasteiger partial charge in [0, 0.05) is 30.0 Å². The summed E-state index contributed by atoms with van der Waals surface area (Å²) in [6.07, 6.45) is 8.03. The Morgan fingerprint density at radius 1 is 1.09 bits per heavy atom. The summed E-state index contributed by atoms with van der Waals surface area (Å²) in [6.45, 7) is 1.35. The number of hydrogen-bond acceptors (Lipinski definition) is 6. The molecular formula is C27H33N5O2S. The van der Waals surface area contributed by atoms with Crippen molar-refractivity contribution in [2.75, 3.05) is 29.6 Å². The van der Waals surface area contributed by atoms with Gasteiger partial charge in [0.05, 0.1) is 19.4 Å². The van der Waals surface area contributed by atoms with E-state index >= 15 is 0 Å². The zero-order valence-electron chi connectivity index (χ0n) is 20.3. The van der Waals surface area contributed by atoms with Crippen LogP contribution in [0.15, 0.2) is 53.7 Å². The predicted octanol–water partition coefficient (Wildman–Crippen LogP) is 5.48. The Morgan fingerprint density at radius 2 is 1.94 bits per heavy atom. The molecule has 0 unspecified atom stereocenters. The van der Waals surface area contributed by atoms with Crippen LogP contribution in [0, 0.1) is 0 Å². The molecule has 1 fully saturated rings. The summed E-state index contributed by atoms with van der Waals surface area (Å²) in [6, 6.07) is 16.5. The molecule has 1 aliphatic heterocycles. The van der Waals surface area contributed by atoms with Gasteiger partial charge in [0.15, 0.2) is 11.0 Å². The van der Waals surface area contributed by atoms with Gasteiger partial charge in [-0.1, -0.05) is 55.3 Å². The number of nitrogens with one attached hydrogen (secondary N) is 1. The summed E-state index contributed by atoms with van der Waals surface area (Å²) >= 11 is 1.52. The van der Waals surface area contributed by atoms with Crippen molar-refractivity contribution in [1.29, 1.82) is 0 Å². The number of carbonyl (C=O) groups is 1. The summed E-state index contributed by atoms with van der Waals surface area (Å²) in [5.41, 5.74) is 3.30. The lowest BCUT2D eigenvalue weighted by atomic mass is 9.95. The van der Waals surface area contributed by atoms with E-state index in [4.69, 9.17) is 4.74 Å². The second kappa shape index (κ2) is 11.2. The van der Waals surface area contributed by atoms with Gasteiger partial charge < -0.3 is 19.5 Å². The standard InChI is InChI=1S/C27H33N5O2S/c1-34-23-14-7-11-21(17-23)28-18-25-29-30-27(32(25)22-12-3-2-4-13-22)35-19-26(33)31-16-8-10-20-9-5-6-15-24(20)31/h5-7,9,11,14-15,17,22,28H,2-4,8,10,12-13,16,18-19H2,1H3. The molecule has 1 aromatic heterocycles. The highest BCUT2D eigenvalue weighted by Crippen LogP contribution is 2.34. The number of carbonyl (C=O) groups excluding carboxylic acids is 1. The van der Waals surface area contributed by atoms with Gasteiger partial charge in [0.1, 0.15) is 5.75 Å². The molecule has 0 atom stereocenters. The average Bonchev–Trinajstić information content (AvgIpc) is 3.33. The number of aromatic nitrogens is 3. The number of thioether (sulfide) groups is 1. The minimum Gasteiger partial charge on any atom is -0.497 e. The molecule has 1 amide bonds. The second-order valence-electron chi connectivity index (χ2n) is 9.21. The number of amides is 1.